The molecule has 2 rings (SSSR count). The monoisotopic (exact) mass is 345 g/mol. The number of carbonyl (C=O) groups excluding carboxylic acids is 1. The van der Waals surface area contributed by atoms with Crippen LogP contribution in [0.25, 0.3) is 6.08 Å². The third kappa shape index (κ3) is 5.41. The Labute approximate surface area is 146 Å². The van der Waals surface area contributed by atoms with Crippen LogP contribution in [0.1, 0.15) is 11.1 Å². The Kier molecular flexibility index (Phi) is 6.85. The van der Waals surface area contributed by atoms with Crippen molar-refractivity contribution in [3.05, 3.63) is 70.8 Å². The van der Waals surface area contributed by atoms with Gasteiger partial charge in [0.1, 0.15) is 5.75 Å². The lowest BCUT2D eigenvalue weighted by molar-refractivity contribution is -0.130. The van der Waals surface area contributed by atoms with Gasteiger partial charge >= 0.3 is 0 Å². The molecule has 0 saturated carbocycles. The highest BCUT2D eigenvalue weighted by atomic mass is 35.5. The predicted octanol–water partition coefficient (Wildman–Crippen LogP) is 3.12. The predicted molar refractivity (Wildman–Crippen MR) is 96.0 cm³/mol. The number of phenolic OH excluding ortho intramolecular Hbond substituents is 1. The van der Waals surface area contributed by atoms with Crippen LogP contribution in [0.2, 0.25) is 5.02 Å². The van der Waals surface area contributed by atoms with Crippen molar-refractivity contribution in [2.45, 2.75) is 6.42 Å². The summed E-state index contributed by atoms with van der Waals surface area (Å²) >= 11 is 5.86. The van der Waals surface area contributed by atoms with Crippen molar-refractivity contribution >= 4 is 23.6 Å². The first-order chi connectivity index (χ1) is 11.6. The van der Waals surface area contributed by atoms with E-state index in [-0.39, 0.29) is 36.3 Å². The smallest absolute Gasteiger partial charge is 0.227 e. The van der Waals surface area contributed by atoms with Crippen LogP contribution in [-0.2, 0) is 11.2 Å². The molecule has 24 heavy (non-hydrogen) atoms. The van der Waals surface area contributed by atoms with Gasteiger partial charge < -0.3 is 15.1 Å². The van der Waals surface area contributed by atoms with Gasteiger partial charge in [0, 0.05) is 13.1 Å². The Morgan fingerprint density at radius 3 is 2.58 bits per heavy atom. The standard InChI is InChI=1S/C19H20ClNO3/c20-17-13-16(8-9-18(17)23)14-19(24)21(11-12-22)10-4-7-15-5-2-1-3-6-15/h1-9,13,22-23H,10-12,14H2. The minimum Gasteiger partial charge on any atom is -0.506 e. The second-order valence-corrected chi connectivity index (χ2v) is 5.75. The first-order valence-corrected chi connectivity index (χ1v) is 8.05. The van der Waals surface area contributed by atoms with E-state index in [2.05, 4.69) is 0 Å². The number of halogens is 1. The highest BCUT2D eigenvalue weighted by Crippen LogP contribution is 2.24. The van der Waals surface area contributed by atoms with Crippen LogP contribution in [0, 0.1) is 0 Å². The summed E-state index contributed by atoms with van der Waals surface area (Å²) in [6.45, 7) is 0.588. The zero-order valence-corrected chi connectivity index (χ0v) is 14.0. The number of carbonyl (C=O) groups is 1. The second kappa shape index (κ2) is 9.11. The molecule has 1 amide bonds. The first-order valence-electron chi connectivity index (χ1n) is 7.68. The van der Waals surface area contributed by atoms with Crippen LogP contribution in [0.15, 0.2) is 54.6 Å². The van der Waals surface area contributed by atoms with Crippen LogP contribution in [-0.4, -0.2) is 40.7 Å². The number of aliphatic hydroxyl groups excluding tert-OH is 1. The SMILES string of the molecule is O=C(Cc1ccc(O)c(Cl)c1)N(CC=Cc1ccccc1)CCO. The molecule has 0 aromatic heterocycles. The molecule has 0 heterocycles. The molecule has 0 atom stereocenters. The van der Waals surface area contributed by atoms with Gasteiger partial charge in [0.2, 0.25) is 5.91 Å². The number of benzene rings is 2. The molecule has 2 aromatic rings. The van der Waals surface area contributed by atoms with Crippen molar-refractivity contribution in [1.82, 2.24) is 4.90 Å². The van der Waals surface area contributed by atoms with Crippen LogP contribution in [0.4, 0.5) is 0 Å². The largest absolute Gasteiger partial charge is 0.506 e. The van der Waals surface area contributed by atoms with Gasteiger partial charge in [-0.05, 0) is 23.3 Å². The molecule has 0 unspecified atom stereocenters. The number of rotatable bonds is 7. The third-order valence-corrected chi connectivity index (χ3v) is 3.83. The highest BCUT2D eigenvalue weighted by Gasteiger charge is 2.13. The Morgan fingerprint density at radius 1 is 1.17 bits per heavy atom. The van der Waals surface area contributed by atoms with E-state index in [0.29, 0.717) is 6.54 Å². The molecule has 0 radical (unpaired) electrons. The van der Waals surface area contributed by atoms with Crippen LogP contribution in [0.3, 0.4) is 0 Å². The van der Waals surface area contributed by atoms with Crippen LogP contribution < -0.4 is 0 Å². The normalized spacial score (nSPS) is 10.9. The van der Waals surface area contributed by atoms with Crippen LogP contribution >= 0.6 is 11.6 Å². The van der Waals surface area contributed by atoms with Crippen molar-refractivity contribution in [2.24, 2.45) is 0 Å². The summed E-state index contributed by atoms with van der Waals surface area (Å²) in [6, 6.07) is 14.5. The van der Waals surface area contributed by atoms with Gasteiger partial charge in [0.25, 0.3) is 0 Å². The van der Waals surface area contributed by atoms with Gasteiger partial charge in [-0.15, -0.1) is 0 Å². The summed E-state index contributed by atoms with van der Waals surface area (Å²) in [6.07, 6.45) is 4.00. The molecular weight excluding hydrogens is 326 g/mol. The number of amides is 1. The maximum atomic E-state index is 12.4. The molecule has 0 fully saturated rings. The number of aromatic hydroxyl groups is 1. The Balaban J connectivity index is 1.99. The molecule has 0 aliphatic rings. The summed E-state index contributed by atoms with van der Waals surface area (Å²) in [5.74, 6) is -0.116. The number of hydrogen-bond donors (Lipinski definition) is 2. The van der Waals surface area contributed by atoms with Crippen molar-refractivity contribution in [1.29, 1.82) is 0 Å². The zero-order chi connectivity index (χ0) is 17.4. The van der Waals surface area contributed by atoms with Gasteiger partial charge in [-0.1, -0.05) is 60.2 Å². The van der Waals surface area contributed by atoms with Crippen molar-refractivity contribution in [3.8, 4) is 5.75 Å². The molecule has 2 aromatic carbocycles. The molecule has 126 valence electrons. The fourth-order valence-corrected chi connectivity index (χ4v) is 2.47. The molecule has 0 bridgehead atoms. The molecule has 0 aliphatic heterocycles. The van der Waals surface area contributed by atoms with Crippen molar-refractivity contribution < 1.29 is 15.0 Å². The van der Waals surface area contributed by atoms with Gasteiger partial charge in [-0.2, -0.15) is 0 Å². The van der Waals surface area contributed by atoms with Crippen LogP contribution in [0.5, 0.6) is 5.75 Å². The second-order valence-electron chi connectivity index (χ2n) is 5.34. The Hall–Kier alpha value is -2.30. The number of aliphatic hydroxyl groups is 1. The van der Waals surface area contributed by atoms with E-state index in [4.69, 9.17) is 11.6 Å². The van der Waals surface area contributed by atoms with E-state index in [1.807, 2.05) is 42.5 Å². The number of nitrogens with zero attached hydrogens (tertiary/aromatic N) is 1. The summed E-state index contributed by atoms with van der Waals surface area (Å²) < 4.78 is 0. The van der Waals surface area contributed by atoms with E-state index in [9.17, 15) is 15.0 Å². The Morgan fingerprint density at radius 2 is 1.92 bits per heavy atom. The topological polar surface area (TPSA) is 60.8 Å². The van der Waals surface area contributed by atoms with Crippen molar-refractivity contribution in [3.63, 3.8) is 0 Å². The molecule has 5 heteroatoms. The summed E-state index contributed by atoms with van der Waals surface area (Å²) in [5, 5.41) is 18.8. The maximum Gasteiger partial charge on any atom is 0.227 e. The fraction of sp³-hybridized carbons (Fsp3) is 0.211. The molecule has 0 aliphatic carbocycles. The fourth-order valence-electron chi connectivity index (χ4n) is 2.27. The van der Waals surface area contributed by atoms with E-state index >= 15 is 0 Å². The van der Waals surface area contributed by atoms with E-state index in [0.717, 1.165) is 11.1 Å². The lowest BCUT2D eigenvalue weighted by Gasteiger charge is -2.20. The van der Waals surface area contributed by atoms with Gasteiger partial charge in [0.05, 0.1) is 18.1 Å². The van der Waals surface area contributed by atoms with E-state index in [1.165, 1.54) is 6.07 Å². The first kappa shape index (κ1) is 18.0. The average molecular weight is 346 g/mol. The minimum absolute atomic E-state index is 0.00845. The molecule has 0 saturated heterocycles. The molecule has 2 N–H and O–H groups in total. The van der Waals surface area contributed by atoms with E-state index < -0.39 is 0 Å². The van der Waals surface area contributed by atoms with Gasteiger partial charge in [0.15, 0.2) is 0 Å². The van der Waals surface area contributed by atoms with Gasteiger partial charge in [-0.3, -0.25) is 4.79 Å². The third-order valence-electron chi connectivity index (χ3n) is 3.53. The lowest BCUT2D eigenvalue weighted by Crippen LogP contribution is -2.34. The van der Waals surface area contributed by atoms with Crippen molar-refractivity contribution in [2.75, 3.05) is 19.7 Å². The molecular formula is C19H20ClNO3. The zero-order valence-electron chi connectivity index (χ0n) is 13.2. The number of phenols is 1. The molecule has 4 nitrogen and oxygen atoms in total. The summed E-state index contributed by atoms with van der Waals surface area (Å²) in [5.41, 5.74) is 1.77. The molecule has 0 spiro atoms. The number of hydrogen-bond acceptors (Lipinski definition) is 3. The average Bonchev–Trinajstić information content (AvgIpc) is 2.58. The summed E-state index contributed by atoms with van der Waals surface area (Å²) in [4.78, 5) is 14.0. The maximum absolute atomic E-state index is 12.4. The quantitative estimate of drug-likeness (QED) is 0.810. The lowest BCUT2D eigenvalue weighted by atomic mass is 10.1. The van der Waals surface area contributed by atoms with Gasteiger partial charge in [-0.25, -0.2) is 0 Å². The minimum atomic E-state index is -0.108. The summed E-state index contributed by atoms with van der Waals surface area (Å²) in [7, 11) is 0. The Bertz CT molecular complexity index is 701. The van der Waals surface area contributed by atoms with E-state index in [1.54, 1.807) is 17.0 Å². The highest BCUT2D eigenvalue weighted by molar-refractivity contribution is 6.32.